The molecular formula is C14H17N3O3. The van der Waals surface area contributed by atoms with Gasteiger partial charge in [-0.1, -0.05) is 0 Å². The van der Waals surface area contributed by atoms with Crippen LogP contribution in [0, 0.1) is 6.92 Å². The van der Waals surface area contributed by atoms with E-state index in [2.05, 4.69) is 4.98 Å². The highest BCUT2D eigenvalue weighted by Crippen LogP contribution is 2.21. The highest BCUT2D eigenvalue weighted by atomic mass is 16.4. The van der Waals surface area contributed by atoms with Crippen molar-refractivity contribution in [1.29, 1.82) is 0 Å². The first-order valence-electron chi connectivity index (χ1n) is 6.30. The van der Waals surface area contributed by atoms with Gasteiger partial charge in [-0.3, -0.25) is 9.36 Å². The standard InChI is InChI=1S/C14H17N3O3/c1-9-11-8-10(16(2)3)4-5-12(11)17(14(20)15-9)7-6-13(18)19/h4-5,8H,6-7H2,1-3H3,(H,18,19). The second kappa shape index (κ2) is 5.32. The van der Waals surface area contributed by atoms with Gasteiger partial charge in [0.1, 0.15) is 0 Å². The van der Waals surface area contributed by atoms with Gasteiger partial charge >= 0.3 is 11.7 Å². The number of benzene rings is 1. The van der Waals surface area contributed by atoms with Gasteiger partial charge < -0.3 is 10.0 Å². The van der Waals surface area contributed by atoms with Crippen molar-refractivity contribution in [1.82, 2.24) is 9.55 Å². The van der Waals surface area contributed by atoms with E-state index in [1.807, 2.05) is 37.2 Å². The van der Waals surface area contributed by atoms with Crippen LogP contribution < -0.4 is 10.6 Å². The second-order valence-corrected chi connectivity index (χ2v) is 4.87. The minimum Gasteiger partial charge on any atom is -0.481 e. The summed E-state index contributed by atoms with van der Waals surface area (Å²) in [5.41, 5.74) is 1.97. The van der Waals surface area contributed by atoms with Crippen molar-refractivity contribution in [3.63, 3.8) is 0 Å². The number of carboxylic acid groups (broad SMARTS) is 1. The van der Waals surface area contributed by atoms with E-state index >= 15 is 0 Å². The zero-order chi connectivity index (χ0) is 14.9. The number of aliphatic carboxylic acids is 1. The van der Waals surface area contributed by atoms with Crippen LogP contribution in [0.25, 0.3) is 10.9 Å². The lowest BCUT2D eigenvalue weighted by Crippen LogP contribution is -2.25. The highest BCUT2D eigenvalue weighted by Gasteiger charge is 2.10. The number of carbonyl (C=O) groups is 1. The SMILES string of the molecule is Cc1nc(=O)n(CCC(=O)O)c2ccc(N(C)C)cc12. The molecular weight excluding hydrogens is 258 g/mol. The van der Waals surface area contributed by atoms with Crippen molar-refractivity contribution < 1.29 is 9.90 Å². The minimum absolute atomic E-state index is 0.102. The molecule has 106 valence electrons. The van der Waals surface area contributed by atoms with Gasteiger partial charge in [-0.15, -0.1) is 0 Å². The Morgan fingerprint density at radius 2 is 2.10 bits per heavy atom. The summed E-state index contributed by atoms with van der Waals surface area (Å²) in [4.78, 5) is 28.6. The molecule has 1 heterocycles. The summed E-state index contributed by atoms with van der Waals surface area (Å²) in [6.45, 7) is 1.91. The lowest BCUT2D eigenvalue weighted by Gasteiger charge is -2.15. The number of aryl methyl sites for hydroxylation is 2. The molecule has 2 aromatic rings. The number of hydrogen-bond donors (Lipinski definition) is 1. The average molecular weight is 275 g/mol. The van der Waals surface area contributed by atoms with E-state index < -0.39 is 11.7 Å². The van der Waals surface area contributed by atoms with Gasteiger partial charge in [-0.25, -0.2) is 4.79 Å². The van der Waals surface area contributed by atoms with Crippen molar-refractivity contribution >= 4 is 22.6 Å². The lowest BCUT2D eigenvalue weighted by atomic mass is 10.1. The van der Waals surface area contributed by atoms with Crippen LogP contribution in [0.5, 0.6) is 0 Å². The molecule has 1 aromatic heterocycles. The topological polar surface area (TPSA) is 75.4 Å². The maximum absolute atomic E-state index is 11.9. The number of aromatic nitrogens is 2. The quantitative estimate of drug-likeness (QED) is 0.908. The Hall–Kier alpha value is -2.37. The molecule has 0 aliphatic rings. The summed E-state index contributed by atoms with van der Waals surface area (Å²) in [5, 5.41) is 9.63. The molecule has 0 saturated heterocycles. The van der Waals surface area contributed by atoms with E-state index in [4.69, 9.17) is 5.11 Å². The van der Waals surface area contributed by atoms with E-state index in [1.165, 1.54) is 4.57 Å². The van der Waals surface area contributed by atoms with E-state index in [1.54, 1.807) is 6.92 Å². The third kappa shape index (κ3) is 2.64. The van der Waals surface area contributed by atoms with Gasteiger partial charge in [0, 0.05) is 31.7 Å². The Morgan fingerprint density at radius 1 is 1.40 bits per heavy atom. The number of hydrogen-bond acceptors (Lipinski definition) is 4. The number of carboxylic acids is 1. The summed E-state index contributed by atoms with van der Waals surface area (Å²) in [7, 11) is 3.87. The van der Waals surface area contributed by atoms with Gasteiger partial charge in [0.25, 0.3) is 0 Å². The summed E-state index contributed by atoms with van der Waals surface area (Å²) < 4.78 is 1.41. The van der Waals surface area contributed by atoms with Crippen molar-refractivity contribution in [2.45, 2.75) is 19.9 Å². The molecule has 2 rings (SSSR count). The predicted octanol–water partition coefficient (Wildman–Crippen LogP) is 1.25. The highest BCUT2D eigenvalue weighted by molar-refractivity contribution is 5.85. The lowest BCUT2D eigenvalue weighted by molar-refractivity contribution is -0.137. The Morgan fingerprint density at radius 3 is 2.70 bits per heavy atom. The summed E-state index contributed by atoms with van der Waals surface area (Å²) >= 11 is 0. The Kier molecular flexibility index (Phi) is 3.74. The average Bonchev–Trinajstić information content (AvgIpc) is 2.37. The molecule has 6 nitrogen and oxygen atoms in total. The first kappa shape index (κ1) is 14.0. The molecule has 0 radical (unpaired) electrons. The zero-order valence-electron chi connectivity index (χ0n) is 11.8. The van der Waals surface area contributed by atoms with E-state index in [0.717, 1.165) is 11.1 Å². The van der Waals surface area contributed by atoms with Crippen molar-refractivity contribution in [2.24, 2.45) is 0 Å². The molecule has 0 fully saturated rings. The number of fused-ring (bicyclic) bond motifs is 1. The van der Waals surface area contributed by atoms with Gasteiger partial charge in [-0.2, -0.15) is 4.98 Å². The molecule has 0 aliphatic carbocycles. The van der Waals surface area contributed by atoms with Crippen LogP contribution in [0.1, 0.15) is 12.1 Å². The van der Waals surface area contributed by atoms with Gasteiger partial charge in [-0.05, 0) is 25.1 Å². The van der Waals surface area contributed by atoms with E-state index in [0.29, 0.717) is 11.2 Å². The normalized spacial score (nSPS) is 10.8. The molecule has 1 aromatic carbocycles. The van der Waals surface area contributed by atoms with Crippen LogP contribution in [0.3, 0.4) is 0 Å². The van der Waals surface area contributed by atoms with Crippen LogP contribution in [0.15, 0.2) is 23.0 Å². The summed E-state index contributed by atoms with van der Waals surface area (Å²) in [5.74, 6) is -0.935. The van der Waals surface area contributed by atoms with E-state index in [9.17, 15) is 9.59 Å². The van der Waals surface area contributed by atoms with Crippen molar-refractivity contribution in [3.8, 4) is 0 Å². The molecule has 6 heteroatoms. The van der Waals surface area contributed by atoms with Crippen LogP contribution >= 0.6 is 0 Å². The van der Waals surface area contributed by atoms with Crippen LogP contribution in [0.4, 0.5) is 5.69 Å². The molecule has 0 aliphatic heterocycles. The molecule has 20 heavy (non-hydrogen) atoms. The minimum atomic E-state index is -0.935. The summed E-state index contributed by atoms with van der Waals surface area (Å²) in [6.07, 6.45) is -0.102. The fourth-order valence-corrected chi connectivity index (χ4v) is 2.12. The van der Waals surface area contributed by atoms with Gasteiger partial charge in [0.15, 0.2) is 0 Å². The van der Waals surface area contributed by atoms with Crippen LogP contribution in [-0.4, -0.2) is 34.7 Å². The summed E-state index contributed by atoms with van der Waals surface area (Å²) in [6, 6.07) is 5.69. The Bertz CT molecular complexity index is 719. The third-order valence-corrected chi connectivity index (χ3v) is 3.22. The molecule has 0 bridgehead atoms. The number of nitrogens with zero attached hydrogens (tertiary/aromatic N) is 3. The number of anilines is 1. The van der Waals surface area contributed by atoms with Gasteiger partial charge in [0.05, 0.1) is 17.6 Å². The molecule has 0 saturated carbocycles. The van der Waals surface area contributed by atoms with Crippen molar-refractivity contribution in [2.75, 3.05) is 19.0 Å². The van der Waals surface area contributed by atoms with Gasteiger partial charge in [0.2, 0.25) is 0 Å². The first-order valence-corrected chi connectivity index (χ1v) is 6.30. The molecule has 0 spiro atoms. The van der Waals surface area contributed by atoms with Crippen LogP contribution in [0.2, 0.25) is 0 Å². The largest absolute Gasteiger partial charge is 0.481 e. The Balaban J connectivity index is 2.63. The van der Waals surface area contributed by atoms with Crippen molar-refractivity contribution in [3.05, 3.63) is 34.4 Å². The fourth-order valence-electron chi connectivity index (χ4n) is 2.12. The zero-order valence-corrected chi connectivity index (χ0v) is 11.8. The Labute approximate surface area is 116 Å². The predicted molar refractivity (Wildman–Crippen MR) is 77.3 cm³/mol. The van der Waals surface area contributed by atoms with E-state index in [-0.39, 0.29) is 13.0 Å². The number of rotatable bonds is 4. The van der Waals surface area contributed by atoms with Crippen LogP contribution in [-0.2, 0) is 11.3 Å². The molecule has 0 atom stereocenters. The molecule has 0 amide bonds. The fraction of sp³-hybridized carbons (Fsp3) is 0.357. The molecule has 0 unspecified atom stereocenters. The smallest absolute Gasteiger partial charge is 0.348 e. The molecule has 1 N–H and O–H groups in total. The first-order chi connectivity index (χ1) is 9.40. The maximum atomic E-state index is 11.9. The third-order valence-electron chi connectivity index (χ3n) is 3.22. The maximum Gasteiger partial charge on any atom is 0.348 e. The second-order valence-electron chi connectivity index (χ2n) is 4.87. The monoisotopic (exact) mass is 275 g/mol.